The SMILES string of the molecule is Cc1ccc(NC(=NC[C@@H]2CCCO2)NC(=O)c2ccccc2)cc1C. The number of carbonyl (C=O) groups is 1. The van der Waals surface area contributed by atoms with Gasteiger partial charge in [-0.2, -0.15) is 0 Å². The number of ether oxygens (including phenoxy) is 1. The van der Waals surface area contributed by atoms with E-state index in [-0.39, 0.29) is 12.0 Å². The van der Waals surface area contributed by atoms with Crippen molar-refractivity contribution in [2.75, 3.05) is 18.5 Å². The highest BCUT2D eigenvalue weighted by Gasteiger charge is 2.16. The van der Waals surface area contributed by atoms with Gasteiger partial charge in [0.05, 0.1) is 12.6 Å². The molecule has 3 rings (SSSR count). The van der Waals surface area contributed by atoms with Gasteiger partial charge in [-0.15, -0.1) is 0 Å². The Morgan fingerprint density at radius 1 is 1.15 bits per heavy atom. The molecule has 1 amide bonds. The molecule has 5 nitrogen and oxygen atoms in total. The monoisotopic (exact) mass is 351 g/mol. The molecule has 136 valence electrons. The molecule has 5 heteroatoms. The van der Waals surface area contributed by atoms with Crippen molar-refractivity contribution in [1.82, 2.24) is 5.32 Å². The van der Waals surface area contributed by atoms with Gasteiger partial charge in [0.1, 0.15) is 0 Å². The van der Waals surface area contributed by atoms with Crippen LogP contribution in [0.25, 0.3) is 0 Å². The number of rotatable bonds is 4. The third kappa shape index (κ3) is 4.92. The summed E-state index contributed by atoms with van der Waals surface area (Å²) in [5, 5.41) is 6.12. The second-order valence-electron chi connectivity index (χ2n) is 6.57. The highest BCUT2D eigenvalue weighted by molar-refractivity contribution is 6.09. The van der Waals surface area contributed by atoms with Crippen LogP contribution >= 0.6 is 0 Å². The molecule has 2 aromatic rings. The van der Waals surface area contributed by atoms with Gasteiger partial charge in [-0.3, -0.25) is 10.1 Å². The summed E-state index contributed by atoms with van der Waals surface area (Å²) in [5.74, 6) is 0.255. The number of carbonyl (C=O) groups excluding carboxylic acids is 1. The maximum atomic E-state index is 12.5. The van der Waals surface area contributed by atoms with Gasteiger partial charge < -0.3 is 10.1 Å². The third-order valence-electron chi connectivity index (χ3n) is 4.51. The van der Waals surface area contributed by atoms with E-state index in [1.54, 1.807) is 12.1 Å². The van der Waals surface area contributed by atoms with Gasteiger partial charge in [-0.25, -0.2) is 4.99 Å². The molecule has 1 heterocycles. The molecule has 2 aromatic carbocycles. The van der Waals surface area contributed by atoms with Crippen LogP contribution in [0.1, 0.15) is 34.3 Å². The van der Waals surface area contributed by atoms with Crippen LogP contribution in [-0.4, -0.2) is 31.1 Å². The van der Waals surface area contributed by atoms with Crippen LogP contribution in [0.3, 0.4) is 0 Å². The Bertz CT molecular complexity index is 781. The number of anilines is 1. The van der Waals surface area contributed by atoms with E-state index in [0.29, 0.717) is 18.1 Å². The summed E-state index contributed by atoms with van der Waals surface area (Å²) in [6.07, 6.45) is 2.20. The molecule has 1 aliphatic heterocycles. The lowest BCUT2D eigenvalue weighted by Crippen LogP contribution is -2.36. The third-order valence-corrected chi connectivity index (χ3v) is 4.51. The molecule has 0 bridgehead atoms. The van der Waals surface area contributed by atoms with Crippen LogP contribution in [0.4, 0.5) is 5.69 Å². The summed E-state index contributed by atoms with van der Waals surface area (Å²) in [7, 11) is 0. The van der Waals surface area contributed by atoms with Gasteiger partial charge in [0.2, 0.25) is 5.96 Å². The summed E-state index contributed by atoms with van der Waals surface area (Å²) in [6.45, 7) is 5.45. The zero-order valence-corrected chi connectivity index (χ0v) is 15.3. The lowest BCUT2D eigenvalue weighted by Gasteiger charge is -2.14. The lowest BCUT2D eigenvalue weighted by atomic mass is 10.1. The predicted molar refractivity (Wildman–Crippen MR) is 105 cm³/mol. The van der Waals surface area contributed by atoms with Gasteiger partial charge in [-0.05, 0) is 62.1 Å². The normalized spacial score (nSPS) is 17.2. The molecule has 0 spiro atoms. The van der Waals surface area contributed by atoms with Gasteiger partial charge >= 0.3 is 0 Å². The molecular weight excluding hydrogens is 326 g/mol. The topological polar surface area (TPSA) is 62.7 Å². The van der Waals surface area contributed by atoms with Crippen LogP contribution in [0.5, 0.6) is 0 Å². The van der Waals surface area contributed by atoms with Crippen molar-refractivity contribution in [3.63, 3.8) is 0 Å². The minimum Gasteiger partial charge on any atom is -0.376 e. The van der Waals surface area contributed by atoms with E-state index < -0.39 is 0 Å². The van der Waals surface area contributed by atoms with Crippen LogP contribution < -0.4 is 10.6 Å². The Hall–Kier alpha value is -2.66. The molecule has 2 N–H and O–H groups in total. The minimum absolute atomic E-state index is 0.125. The van der Waals surface area contributed by atoms with Crippen LogP contribution in [0.2, 0.25) is 0 Å². The van der Waals surface area contributed by atoms with Crippen molar-refractivity contribution in [2.24, 2.45) is 4.99 Å². The van der Waals surface area contributed by atoms with Crippen LogP contribution in [0.15, 0.2) is 53.5 Å². The Kier molecular flexibility index (Phi) is 6.02. The highest BCUT2D eigenvalue weighted by atomic mass is 16.5. The van der Waals surface area contributed by atoms with Crippen LogP contribution in [-0.2, 0) is 4.74 Å². The summed E-state index contributed by atoms with van der Waals surface area (Å²) >= 11 is 0. The summed E-state index contributed by atoms with van der Waals surface area (Å²) < 4.78 is 5.63. The fourth-order valence-electron chi connectivity index (χ4n) is 2.82. The Balaban J connectivity index is 1.75. The van der Waals surface area contributed by atoms with Gasteiger partial charge in [0.25, 0.3) is 5.91 Å². The van der Waals surface area contributed by atoms with Crippen molar-refractivity contribution in [3.8, 4) is 0 Å². The number of nitrogens with one attached hydrogen (secondary N) is 2. The molecule has 1 aliphatic rings. The molecule has 1 atom stereocenters. The van der Waals surface area contributed by atoms with Crippen molar-refractivity contribution in [2.45, 2.75) is 32.8 Å². The van der Waals surface area contributed by atoms with E-state index in [0.717, 1.165) is 25.1 Å². The van der Waals surface area contributed by atoms with Crippen molar-refractivity contribution >= 4 is 17.6 Å². The standard InChI is InChI=1S/C21H25N3O2/c1-15-10-11-18(13-16(15)2)23-21(22-14-19-9-6-12-26-19)24-20(25)17-7-4-3-5-8-17/h3-5,7-8,10-11,13,19H,6,9,12,14H2,1-2H3,(H2,22,23,24,25)/t19-/m0/s1. The largest absolute Gasteiger partial charge is 0.376 e. The molecule has 0 aromatic heterocycles. The first kappa shape index (κ1) is 18.1. The second kappa shape index (κ2) is 8.63. The number of guanidine groups is 1. The minimum atomic E-state index is -0.187. The number of benzene rings is 2. The molecular formula is C21H25N3O2. The number of hydrogen-bond donors (Lipinski definition) is 2. The molecule has 1 fully saturated rings. The van der Waals surface area contributed by atoms with E-state index in [9.17, 15) is 4.79 Å². The smallest absolute Gasteiger partial charge is 0.257 e. The highest BCUT2D eigenvalue weighted by Crippen LogP contribution is 2.15. The Labute approximate surface area is 154 Å². The quantitative estimate of drug-likeness (QED) is 0.652. The second-order valence-corrected chi connectivity index (χ2v) is 6.57. The maximum Gasteiger partial charge on any atom is 0.257 e. The van der Waals surface area contributed by atoms with Crippen molar-refractivity contribution in [3.05, 3.63) is 65.2 Å². The van der Waals surface area contributed by atoms with Gasteiger partial charge in [-0.1, -0.05) is 24.3 Å². The number of hydrogen-bond acceptors (Lipinski definition) is 3. The summed E-state index contributed by atoms with van der Waals surface area (Å²) in [6, 6.07) is 15.2. The van der Waals surface area contributed by atoms with Crippen LogP contribution in [0, 0.1) is 13.8 Å². The fourth-order valence-corrected chi connectivity index (χ4v) is 2.82. The zero-order chi connectivity index (χ0) is 18.4. The van der Waals surface area contributed by atoms with Gasteiger partial charge in [0, 0.05) is 17.9 Å². The Morgan fingerprint density at radius 3 is 2.65 bits per heavy atom. The van der Waals surface area contributed by atoms with Crippen molar-refractivity contribution < 1.29 is 9.53 Å². The maximum absolute atomic E-state index is 12.5. The first-order valence-corrected chi connectivity index (χ1v) is 8.98. The molecule has 0 saturated carbocycles. The molecule has 0 aliphatic carbocycles. The first-order valence-electron chi connectivity index (χ1n) is 8.98. The van der Waals surface area contributed by atoms with E-state index in [4.69, 9.17) is 4.74 Å². The number of aryl methyl sites for hydroxylation is 2. The lowest BCUT2D eigenvalue weighted by molar-refractivity contribution is 0.0975. The predicted octanol–water partition coefficient (Wildman–Crippen LogP) is 3.68. The summed E-state index contributed by atoms with van der Waals surface area (Å²) in [4.78, 5) is 17.1. The average Bonchev–Trinajstić information content (AvgIpc) is 3.17. The fraction of sp³-hybridized carbons (Fsp3) is 0.333. The number of aliphatic imine (C=N–C) groups is 1. The average molecular weight is 351 g/mol. The molecule has 1 saturated heterocycles. The number of nitrogens with zero attached hydrogens (tertiary/aromatic N) is 1. The van der Waals surface area contributed by atoms with E-state index in [1.165, 1.54) is 11.1 Å². The molecule has 26 heavy (non-hydrogen) atoms. The molecule has 0 unspecified atom stereocenters. The van der Waals surface area contributed by atoms with Crippen molar-refractivity contribution in [1.29, 1.82) is 0 Å². The Morgan fingerprint density at radius 2 is 1.96 bits per heavy atom. The first-order chi connectivity index (χ1) is 12.6. The van der Waals surface area contributed by atoms with E-state index >= 15 is 0 Å². The van der Waals surface area contributed by atoms with E-state index in [2.05, 4.69) is 29.5 Å². The van der Waals surface area contributed by atoms with Gasteiger partial charge in [0.15, 0.2) is 0 Å². The summed E-state index contributed by atoms with van der Waals surface area (Å²) in [5.41, 5.74) is 3.90. The van der Waals surface area contributed by atoms with E-state index in [1.807, 2.05) is 36.4 Å². The number of amides is 1. The molecule has 0 radical (unpaired) electrons. The zero-order valence-electron chi connectivity index (χ0n) is 15.3.